The second-order valence-corrected chi connectivity index (χ2v) is 3.36. The van der Waals surface area contributed by atoms with E-state index >= 15 is 0 Å². The van der Waals surface area contributed by atoms with Crippen LogP contribution in [0.4, 0.5) is 4.79 Å². The Morgan fingerprint density at radius 2 is 2.00 bits per heavy atom. The van der Waals surface area contributed by atoms with Crippen LogP contribution >= 0.6 is 0 Å². The van der Waals surface area contributed by atoms with E-state index < -0.39 is 0 Å². The minimum atomic E-state index is -0.126. The molecule has 0 spiro atoms. The first-order valence-corrected chi connectivity index (χ1v) is 4.57. The molecule has 0 unspecified atom stereocenters. The average molecular weight is 203 g/mol. The van der Waals surface area contributed by atoms with Crippen molar-refractivity contribution in [3.63, 3.8) is 0 Å². The number of amides is 2. The zero-order chi connectivity index (χ0) is 11.3. The summed E-state index contributed by atoms with van der Waals surface area (Å²) in [6, 6.07) is 9.04. The standard InChI is InChI=1S/C11H13N3O/c1-14(2)11(15)13-8-10-5-3-9(7-12)4-6-10/h3-6H,8H2,1-2H3,(H,13,15). The highest BCUT2D eigenvalue weighted by molar-refractivity contribution is 5.73. The molecule has 0 saturated heterocycles. The number of benzene rings is 1. The summed E-state index contributed by atoms with van der Waals surface area (Å²) < 4.78 is 0. The van der Waals surface area contributed by atoms with E-state index in [0.29, 0.717) is 12.1 Å². The molecule has 0 aliphatic carbocycles. The summed E-state index contributed by atoms with van der Waals surface area (Å²) in [5.74, 6) is 0. The molecule has 0 heterocycles. The molecule has 4 nitrogen and oxygen atoms in total. The highest BCUT2D eigenvalue weighted by atomic mass is 16.2. The lowest BCUT2D eigenvalue weighted by molar-refractivity contribution is 0.217. The van der Waals surface area contributed by atoms with E-state index in [-0.39, 0.29) is 6.03 Å². The molecule has 78 valence electrons. The summed E-state index contributed by atoms with van der Waals surface area (Å²) in [6.45, 7) is 0.475. The van der Waals surface area contributed by atoms with Crippen molar-refractivity contribution in [1.82, 2.24) is 10.2 Å². The molecule has 0 bridgehead atoms. The number of rotatable bonds is 2. The Bertz CT molecular complexity index is 376. The first kappa shape index (κ1) is 11.1. The van der Waals surface area contributed by atoms with Gasteiger partial charge in [-0.25, -0.2) is 4.79 Å². The van der Waals surface area contributed by atoms with Gasteiger partial charge in [-0.3, -0.25) is 0 Å². The van der Waals surface area contributed by atoms with Crippen LogP contribution in [0, 0.1) is 11.3 Å². The molecule has 1 N–H and O–H groups in total. The second-order valence-electron chi connectivity index (χ2n) is 3.36. The molecule has 0 atom stereocenters. The Hall–Kier alpha value is -2.02. The summed E-state index contributed by atoms with van der Waals surface area (Å²) >= 11 is 0. The quantitative estimate of drug-likeness (QED) is 0.788. The van der Waals surface area contributed by atoms with Crippen LogP contribution in [0.25, 0.3) is 0 Å². The third kappa shape index (κ3) is 3.31. The Balaban J connectivity index is 2.52. The van der Waals surface area contributed by atoms with Crippen LogP contribution in [0.3, 0.4) is 0 Å². The molecule has 1 aromatic rings. The highest BCUT2D eigenvalue weighted by Crippen LogP contribution is 2.02. The summed E-state index contributed by atoms with van der Waals surface area (Å²) in [7, 11) is 3.38. The van der Waals surface area contributed by atoms with Crippen molar-refractivity contribution in [2.75, 3.05) is 14.1 Å². The lowest BCUT2D eigenvalue weighted by atomic mass is 10.1. The van der Waals surface area contributed by atoms with E-state index in [1.165, 1.54) is 4.90 Å². The monoisotopic (exact) mass is 203 g/mol. The molecule has 1 rings (SSSR count). The molecular weight excluding hydrogens is 190 g/mol. The van der Waals surface area contributed by atoms with Crippen LogP contribution in [-0.2, 0) is 6.54 Å². The fourth-order valence-electron chi connectivity index (χ4n) is 1.03. The smallest absolute Gasteiger partial charge is 0.317 e. The SMILES string of the molecule is CN(C)C(=O)NCc1ccc(C#N)cc1. The van der Waals surface area contributed by atoms with Crippen LogP contribution in [0.1, 0.15) is 11.1 Å². The maximum atomic E-state index is 11.2. The highest BCUT2D eigenvalue weighted by Gasteiger charge is 2.01. The fourth-order valence-corrected chi connectivity index (χ4v) is 1.03. The van der Waals surface area contributed by atoms with Crippen molar-refractivity contribution in [1.29, 1.82) is 5.26 Å². The van der Waals surface area contributed by atoms with Gasteiger partial charge in [0.15, 0.2) is 0 Å². The van der Waals surface area contributed by atoms with E-state index in [4.69, 9.17) is 5.26 Å². The fraction of sp³-hybridized carbons (Fsp3) is 0.273. The molecule has 0 saturated carbocycles. The number of hydrogen-bond acceptors (Lipinski definition) is 2. The van der Waals surface area contributed by atoms with E-state index in [0.717, 1.165) is 5.56 Å². The van der Waals surface area contributed by atoms with Gasteiger partial charge in [0.1, 0.15) is 0 Å². The molecule has 0 aliphatic rings. The molecule has 0 fully saturated rings. The zero-order valence-electron chi connectivity index (χ0n) is 8.82. The van der Waals surface area contributed by atoms with Gasteiger partial charge in [-0.2, -0.15) is 5.26 Å². The maximum Gasteiger partial charge on any atom is 0.317 e. The van der Waals surface area contributed by atoms with Crippen molar-refractivity contribution in [2.45, 2.75) is 6.54 Å². The molecule has 1 aromatic carbocycles. The molecule has 0 radical (unpaired) electrons. The second kappa shape index (κ2) is 5.01. The topological polar surface area (TPSA) is 56.1 Å². The van der Waals surface area contributed by atoms with Crippen molar-refractivity contribution in [3.8, 4) is 6.07 Å². The van der Waals surface area contributed by atoms with E-state index in [1.807, 2.05) is 18.2 Å². The van der Waals surface area contributed by atoms with Crippen molar-refractivity contribution < 1.29 is 4.79 Å². The summed E-state index contributed by atoms with van der Waals surface area (Å²) in [6.07, 6.45) is 0. The van der Waals surface area contributed by atoms with Gasteiger partial charge >= 0.3 is 6.03 Å². The first-order chi connectivity index (χ1) is 7.13. The van der Waals surface area contributed by atoms with Crippen molar-refractivity contribution >= 4 is 6.03 Å². The van der Waals surface area contributed by atoms with Crippen molar-refractivity contribution in [3.05, 3.63) is 35.4 Å². The van der Waals surface area contributed by atoms with Gasteiger partial charge in [0, 0.05) is 20.6 Å². The van der Waals surface area contributed by atoms with Gasteiger partial charge in [0.05, 0.1) is 11.6 Å². The van der Waals surface area contributed by atoms with Crippen molar-refractivity contribution in [2.24, 2.45) is 0 Å². The van der Waals surface area contributed by atoms with Gasteiger partial charge in [0.25, 0.3) is 0 Å². The predicted molar refractivity (Wildman–Crippen MR) is 57.1 cm³/mol. The number of carbonyl (C=O) groups is 1. The van der Waals surface area contributed by atoms with Crippen LogP contribution in [0.5, 0.6) is 0 Å². The Kier molecular flexibility index (Phi) is 3.69. The van der Waals surface area contributed by atoms with Crippen LogP contribution < -0.4 is 5.32 Å². The number of nitrogens with one attached hydrogen (secondary N) is 1. The summed E-state index contributed by atoms with van der Waals surface area (Å²) in [4.78, 5) is 12.7. The number of hydrogen-bond donors (Lipinski definition) is 1. The van der Waals surface area contributed by atoms with E-state index in [1.54, 1.807) is 26.2 Å². The number of urea groups is 1. The lowest BCUT2D eigenvalue weighted by Gasteiger charge is -2.11. The summed E-state index contributed by atoms with van der Waals surface area (Å²) in [5.41, 5.74) is 1.60. The number of nitriles is 1. The van der Waals surface area contributed by atoms with Gasteiger partial charge in [-0.05, 0) is 17.7 Å². The largest absolute Gasteiger partial charge is 0.334 e. The van der Waals surface area contributed by atoms with Gasteiger partial charge in [0.2, 0.25) is 0 Å². The van der Waals surface area contributed by atoms with E-state index in [2.05, 4.69) is 5.32 Å². The molecule has 0 aliphatic heterocycles. The van der Waals surface area contributed by atoms with E-state index in [9.17, 15) is 4.79 Å². The van der Waals surface area contributed by atoms with Crippen LogP contribution in [0.15, 0.2) is 24.3 Å². The molecule has 15 heavy (non-hydrogen) atoms. The number of carbonyl (C=O) groups excluding carboxylic acids is 1. The van der Waals surface area contributed by atoms with Crippen LogP contribution in [0.2, 0.25) is 0 Å². The normalized spacial score (nSPS) is 9.13. The molecule has 0 aromatic heterocycles. The first-order valence-electron chi connectivity index (χ1n) is 4.57. The maximum absolute atomic E-state index is 11.2. The predicted octanol–water partition coefficient (Wildman–Crippen LogP) is 1.33. The Morgan fingerprint density at radius 3 is 2.47 bits per heavy atom. The average Bonchev–Trinajstić information content (AvgIpc) is 2.26. The van der Waals surface area contributed by atoms with Crippen LogP contribution in [-0.4, -0.2) is 25.0 Å². The Labute approximate surface area is 89.1 Å². The van der Waals surface area contributed by atoms with Gasteiger partial charge < -0.3 is 10.2 Å². The minimum absolute atomic E-state index is 0.126. The third-order valence-electron chi connectivity index (χ3n) is 1.93. The molecule has 4 heteroatoms. The van der Waals surface area contributed by atoms with Gasteiger partial charge in [-0.1, -0.05) is 12.1 Å². The number of nitrogens with zero attached hydrogens (tertiary/aromatic N) is 2. The molecule has 2 amide bonds. The zero-order valence-corrected chi connectivity index (χ0v) is 8.82. The third-order valence-corrected chi connectivity index (χ3v) is 1.93. The lowest BCUT2D eigenvalue weighted by Crippen LogP contribution is -2.33. The summed E-state index contributed by atoms with van der Waals surface area (Å²) in [5, 5.41) is 11.3. The Morgan fingerprint density at radius 1 is 1.40 bits per heavy atom. The van der Waals surface area contributed by atoms with Gasteiger partial charge in [-0.15, -0.1) is 0 Å². The minimum Gasteiger partial charge on any atom is -0.334 e. The molecular formula is C11H13N3O.